The van der Waals surface area contributed by atoms with Crippen LogP contribution >= 0.6 is 0 Å². The molecule has 1 aliphatic carbocycles. The van der Waals surface area contributed by atoms with Gasteiger partial charge in [0, 0.05) is 24.8 Å². The molecule has 5 rings (SSSR count). The molecular weight excluding hydrogens is 493 g/mol. The fraction of sp³-hybridized carbons (Fsp3) is 0.517. The summed E-state index contributed by atoms with van der Waals surface area (Å²) in [5, 5.41) is 12.2. The monoisotopic (exact) mass is 528 g/mol. The summed E-state index contributed by atoms with van der Waals surface area (Å²) in [7, 11) is 0. The minimum absolute atomic E-state index is 0.0594. The number of carbonyl (C=O) groups is 1. The van der Waals surface area contributed by atoms with Crippen molar-refractivity contribution < 1.29 is 23.1 Å². The van der Waals surface area contributed by atoms with Gasteiger partial charge in [-0.1, -0.05) is 18.6 Å². The van der Waals surface area contributed by atoms with Gasteiger partial charge < -0.3 is 9.67 Å². The number of nitrogens with one attached hydrogen (secondary N) is 1. The van der Waals surface area contributed by atoms with Crippen LogP contribution in [0.5, 0.6) is 0 Å². The van der Waals surface area contributed by atoms with E-state index in [1.54, 1.807) is 0 Å². The van der Waals surface area contributed by atoms with Gasteiger partial charge in [0.05, 0.1) is 16.6 Å². The third-order valence-electron chi connectivity index (χ3n) is 8.00. The highest BCUT2D eigenvalue weighted by molar-refractivity contribution is 6.04. The summed E-state index contributed by atoms with van der Waals surface area (Å²) >= 11 is 0. The van der Waals surface area contributed by atoms with Crippen LogP contribution in [0.1, 0.15) is 78.9 Å². The normalized spacial score (nSPS) is 21.1. The number of rotatable bonds is 7. The maximum absolute atomic E-state index is 13.2. The lowest BCUT2D eigenvalue weighted by atomic mass is 9.84. The molecule has 2 heterocycles. The number of carbonyl (C=O) groups excluding carboxylic acids is 1. The Labute approximate surface area is 220 Å². The maximum atomic E-state index is 13.2. The second-order valence-electron chi connectivity index (χ2n) is 10.7. The van der Waals surface area contributed by atoms with E-state index >= 15 is 0 Å². The number of aromatic nitrogens is 2. The van der Waals surface area contributed by atoms with Crippen LogP contribution < -0.4 is 5.32 Å². The minimum atomic E-state index is -4.53. The average molecular weight is 529 g/mol. The standard InChI is InChI=1S/C29H35F3N4O2/c30-29(31,32)23-6-4-5-22(18-23)27(38)34-28-33-25-17-21(19-35-14-2-1-3-15-35)9-12-26(25)36(28)24-10-7-20(8-11-24)13-16-37/h4-6,9,12,17-18,20,24,37H,1-3,7-8,10-11,13-16,19H2,(H,33,34,38). The van der Waals surface area contributed by atoms with E-state index < -0.39 is 17.6 Å². The summed E-state index contributed by atoms with van der Waals surface area (Å²) in [6, 6.07) is 10.8. The number of anilines is 1. The molecule has 0 radical (unpaired) electrons. The van der Waals surface area contributed by atoms with Gasteiger partial charge in [-0.2, -0.15) is 13.2 Å². The fourth-order valence-corrected chi connectivity index (χ4v) is 5.96. The van der Waals surface area contributed by atoms with Gasteiger partial charge in [-0.3, -0.25) is 15.0 Å². The van der Waals surface area contributed by atoms with Crippen molar-refractivity contribution in [3.63, 3.8) is 0 Å². The number of hydrogen-bond acceptors (Lipinski definition) is 4. The smallest absolute Gasteiger partial charge is 0.396 e. The number of fused-ring (bicyclic) bond motifs is 1. The predicted octanol–water partition coefficient (Wildman–Crippen LogP) is 6.41. The van der Waals surface area contributed by atoms with Gasteiger partial charge in [0.2, 0.25) is 5.95 Å². The molecule has 9 heteroatoms. The predicted molar refractivity (Wildman–Crippen MR) is 141 cm³/mol. The Morgan fingerprint density at radius 3 is 2.50 bits per heavy atom. The molecule has 1 aromatic heterocycles. The number of halogens is 3. The third kappa shape index (κ3) is 6.04. The van der Waals surface area contributed by atoms with E-state index in [1.165, 1.54) is 31.4 Å². The Kier molecular flexibility index (Phi) is 8.04. The van der Waals surface area contributed by atoms with Crippen LogP contribution in [0.2, 0.25) is 0 Å². The van der Waals surface area contributed by atoms with Crippen LogP contribution in [0.15, 0.2) is 42.5 Å². The summed E-state index contributed by atoms with van der Waals surface area (Å²) < 4.78 is 41.7. The zero-order valence-electron chi connectivity index (χ0n) is 21.5. The molecule has 6 nitrogen and oxygen atoms in total. The summed E-state index contributed by atoms with van der Waals surface area (Å²) in [6.07, 6.45) is 3.67. The molecule has 0 atom stereocenters. The fourth-order valence-electron chi connectivity index (χ4n) is 5.96. The first-order valence-corrected chi connectivity index (χ1v) is 13.6. The van der Waals surface area contributed by atoms with Crippen molar-refractivity contribution in [1.82, 2.24) is 14.5 Å². The van der Waals surface area contributed by atoms with Gasteiger partial charge in [-0.15, -0.1) is 0 Å². The van der Waals surface area contributed by atoms with E-state index in [-0.39, 0.29) is 18.2 Å². The molecule has 1 saturated carbocycles. The minimum Gasteiger partial charge on any atom is -0.396 e. The first-order valence-electron chi connectivity index (χ1n) is 13.6. The number of alkyl halides is 3. The van der Waals surface area contributed by atoms with Crippen LogP contribution in [0.25, 0.3) is 11.0 Å². The number of benzene rings is 2. The van der Waals surface area contributed by atoms with Crippen molar-refractivity contribution in [1.29, 1.82) is 0 Å². The molecular formula is C29H35F3N4O2. The molecule has 0 spiro atoms. The number of hydrogen-bond donors (Lipinski definition) is 2. The van der Waals surface area contributed by atoms with E-state index in [0.717, 1.165) is 80.5 Å². The average Bonchev–Trinajstić information content (AvgIpc) is 3.26. The number of likely N-dealkylation sites (tertiary alicyclic amines) is 1. The lowest BCUT2D eigenvalue weighted by Gasteiger charge is -2.30. The number of aliphatic hydroxyl groups is 1. The van der Waals surface area contributed by atoms with Crippen molar-refractivity contribution in [3.8, 4) is 0 Å². The molecule has 2 aromatic carbocycles. The maximum Gasteiger partial charge on any atom is 0.416 e. The molecule has 204 valence electrons. The van der Waals surface area contributed by atoms with Crippen LogP contribution in [-0.4, -0.2) is 45.2 Å². The highest BCUT2D eigenvalue weighted by Gasteiger charge is 2.31. The van der Waals surface area contributed by atoms with Crippen LogP contribution in [-0.2, 0) is 12.7 Å². The highest BCUT2D eigenvalue weighted by Crippen LogP contribution is 2.38. The number of aliphatic hydroxyl groups excluding tert-OH is 1. The summed E-state index contributed by atoms with van der Waals surface area (Å²) in [5.41, 5.74) is 1.93. The zero-order chi connectivity index (χ0) is 26.7. The van der Waals surface area contributed by atoms with E-state index in [0.29, 0.717) is 11.9 Å². The highest BCUT2D eigenvalue weighted by atomic mass is 19.4. The van der Waals surface area contributed by atoms with Crippen molar-refractivity contribution >= 4 is 22.9 Å². The molecule has 0 unspecified atom stereocenters. The Balaban J connectivity index is 1.44. The Morgan fingerprint density at radius 1 is 1.03 bits per heavy atom. The largest absolute Gasteiger partial charge is 0.416 e. The topological polar surface area (TPSA) is 70.4 Å². The molecule has 3 aromatic rings. The van der Waals surface area contributed by atoms with Crippen LogP contribution in [0, 0.1) is 5.92 Å². The molecule has 2 N–H and O–H groups in total. The summed E-state index contributed by atoms with van der Waals surface area (Å²) in [5.74, 6) is 0.226. The zero-order valence-corrected chi connectivity index (χ0v) is 21.5. The number of imidazole rings is 1. The Bertz CT molecular complexity index is 1260. The van der Waals surface area contributed by atoms with E-state index in [4.69, 9.17) is 4.98 Å². The molecule has 38 heavy (non-hydrogen) atoms. The van der Waals surface area contributed by atoms with Crippen molar-refractivity contribution in [2.24, 2.45) is 5.92 Å². The van der Waals surface area contributed by atoms with Gasteiger partial charge in [0.25, 0.3) is 5.91 Å². The van der Waals surface area contributed by atoms with Crippen LogP contribution in [0.3, 0.4) is 0 Å². The molecule has 0 bridgehead atoms. The number of amides is 1. The molecule has 2 aliphatic rings. The molecule has 1 amide bonds. The van der Waals surface area contributed by atoms with Gasteiger partial charge in [-0.05, 0) is 99.8 Å². The lowest BCUT2D eigenvalue weighted by molar-refractivity contribution is -0.137. The third-order valence-corrected chi connectivity index (χ3v) is 8.00. The molecule has 1 aliphatic heterocycles. The number of piperidine rings is 1. The summed E-state index contributed by atoms with van der Waals surface area (Å²) in [4.78, 5) is 20.3. The lowest BCUT2D eigenvalue weighted by Crippen LogP contribution is -2.29. The Morgan fingerprint density at radius 2 is 1.79 bits per heavy atom. The Hall–Kier alpha value is -2.91. The molecule has 2 fully saturated rings. The SMILES string of the molecule is O=C(Nc1nc2cc(CN3CCCCC3)ccc2n1C1CCC(CCO)CC1)c1cccc(C(F)(F)F)c1. The van der Waals surface area contributed by atoms with E-state index in [9.17, 15) is 23.1 Å². The van der Waals surface area contributed by atoms with Crippen molar-refractivity contribution in [3.05, 3.63) is 59.2 Å². The second-order valence-corrected chi connectivity index (χ2v) is 10.7. The van der Waals surface area contributed by atoms with Gasteiger partial charge >= 0.3 is 6.18 Å². The van der Waals surface area contributed by atoms with Gasteiger partial charge in [-0.25, -0.2) is 4.98 Å². The summed E-state index contributed by atoms with van der Waals surface area (Å²) in [6.45, 7) is 3.20. The van der Waals surface area contributed by atoms with Gasteiger partial charge in [0.15, 0.2) is 0 Å². The quantitative estimate of drug-likeness (QED) is 0.372. The van der Waals surface area contributed by atoms with E-state index in [1.807, 2.05) is 0 Å². The van der Waals surface area contributed by atoms with Crippen LogP contribution in [0.4, 0.5) is 19.1 Å². The second kappa shape index (κ2) is 11.5. The first-order chi connectivity index (χ1) is 18.3. The number of nitrogens with zero attached hydrogens (tertiary/aromatic N) is 3. The van der Waals surface area contributed by atoms with Crippen molar-refractivity contribution in [2.45, 2.75) is 70.1 Å². The van der Waals surface area contributed by atoms with Gasteiger partial charge in [0.1, 0.15) is 0 Å². The van der Waals surface area contributed by atoms with Crippen molar-refractivity contribution in [2.75, 3.05) is 25.0 Å². The molecule has 1 saturated heterocycles. The first kappa shape index (κ1) is 26.7. The van der Waals surface area contributed by atoms with E-state index in [2.05, 4.69) is 33.0 Å².